The Morgan fingerprint density at radius 1 is 1.24 bits per heavy atom. The third kappa shape index (κ3) is 3.34. The first kappa shape index (κ1) is 14.3. The third-order valence-corrected chi connectivity index (χ3v) is 4.44. The minimum Gasteiger partial charge on any atom is -0.342 e. The number of thiazole rings is 1. The van der Waals surface area contributed by atoms with Gasteiger partial charge in [-0.05, 0) is 37.6 Å². The fourth-order valence-electron chi connectivity index (χ4n) is 2.67. The Hall–Kier alpha value is -1.65. The van der Waals surface area contributed by atoms with E-state index < -0.39 is 0 Å². The largest absolute Gasteiger partial charge is 0.342 e. The van der Waals surface area contributed by atoms with Crippen LogP contribution in [0.5, 0.6) is 0 Å². The monoisotopic (exact) mass is 299 g/mol. The van der Waals surface area contributed by atoms with E-state index in [0.29, 0.717) is 0 Å². The van der Waals surface area contributed by atoms with Crippen LogP contribution in [0, 0.1) is 0 Å². The van der Waals surface area contributed by atoms with E-state index in [2.05, 4.69) is 52.3 Å². The zero-order chi connectivity index (χ0) is 14.5. The Balaban J connectivity index is 1.83. The molecule has 0 saturated carbocycles. The Bertz CT molecular complexity index is 685. The van der Waals surface area contributed by atoms with Crippen LogP contribution in [0.4, 0.5) is 0 Å². The summed E-state index contributed by atoms with van der Waals surface area (Å²) in [5.74, 6) is 0. The maximum absolute atomic E-state index is 4.17. The lowest BCUT2D eigenvalue weighted by molar-refractivity contribution is 0.671. The van der Waals surface area contributed by atoms with Gasteiger partial charge in [-0.3, -0.25) is 4.98 Å². The van der Waals surface area contributed by atoms with E-state index in [1.165, 1.54) is 27.8 Å². The van der Waals surface area contributed by atoms with Crippen molar-refractivity contribution in [3.8, 4) is 0 Å². The first-order valence-electron chi connectivity index (χ1n) is 7.53. The average Bonchev–Trinajstić information content (AvgIpc) is 3.13. The number of nitrogens with one attached hydrogen (secondary N) is 1. The normalized spacial score (nSPS) is 11.3. The molecule has 0 saturated heterocycles. The molecule has 0 atom stereocenters. The smallest absolute Gasteiger partial charge is 0.0794 e. The summed E-state index contributed by atoms with van der Waals surface area (Å²) in [7, 11) is 0. The molecular weight excluding hydrogens is 278 g/mol. The van der Waals surface area contributed by atoms with Crippen molar-refractivity contribution < 1.29 is 0 Å². The predicted molar refractivity (Wildman–Crippen MR) is 90.0 cm³/mol. The van der Waals surface area contributed by atoms with Gasteiger partial charge in [0.05, 0.1) is 12.1 Å². The van der Waals surface area contributed by atoms with E-state index in [-0.39, 0.29) is 0 Å². The molecule has 0 spiro atoms. The summed E-state index contributed by atoms with van der Waals surface area (Å²) in [6.07, 6.45) is 6.53. The maximum Gasteiger partial charge on any atom is 0.0794 e. The van der Waals surface area contributed by atoms with Crippen LogP contribution in [0.1, 0.15) is 23.8 Å². The SMILES string of the molecule is CCCNCCc1cn(Cc2cncs2)c2ccccc12. The van der Waals surface area contributed by atoms with Gasteiger partial charge in [0.1, 0.15) is 0 Å². The molecule has 0 radical (unpaired) electrons. The Morgan fingerprint density at radius 3 is 2.95 bits per heavy atom. The summed E-state index contributed by atoms with van der Waals surface area (Å²) in [6.45, 7) is 5.25. The van der Waals surface area contributed by atoms with Crippen molar-refractivity contribution in [3.05, 3.63) is 52.6 Å². The minimum atomic E-state index is 0.910. The van der Waals surface area contributed by atoms with Gasteiger partial charge in [-0.25, -0.2) is 0 Å². The number of hydrogen-bond acceptors (Lipinski definition) is 3. The lowest BCUT2D eigenvalue weighted by Gasteiger charge is -2.02. The van der Waals surface area contributed by atoms with Crippen molar-refractivity contribution in [2.75, 3.05) is 13.1 Å². The molecule has 2 aromatic heterocycles. The summed E-state index contributed by atoms with van der Waals surface area (Å²) < 4.78 is 2.35. The molecule has 0 unspecified atom stereocenters. The van der Waals surface area contributed by atoms with Crippen molar-refractivity contribution in [1.82, 2.24) is 14.9 Å². The van der Waals surface area contributed by atoms with Crippen molar-refractivity contribution in [2.45, 2.75) is 26.3 Å². The van der Waals surface area contributed by atoms with E-state index in [1.807, 2.05) is 11.7 Å². The van der Waals surface area contributed by atoms with E-state index in [4.69, 9.17) is 0 Å². The Labute approximate surface area is 129 Å². The second-order valence-corrected chi connectivity index (χ2v) is 6.24. The van der Waals surface area contributed by atoms with E-state index in [9.17, 15) is 0 Å². The van der Waals surface area contributed by atoms with Gasteiger partial charge in [-0.2, -0.15) is 0 Å². The molecule has 21 heavy (non-hydrogen) atoms. The number of para-hydroxylation sites is 1. The Kier molecular flexibility index (Phi) is 4.68. The maximum atomic E-state index is 4.17. The van der Waals surface area contributed by atoms with Gasteiger partial charge in [0.25, 0.3) is 0 Å². The molecule has 3 aromatic rings. The van der Waals surface area contributed by atoms with Gasteiger partial charge in [-0.1, -0.05) is 25.1 Å². The van der Waals surface area contributed by atoms with Crippen LogP contribution < -0.4 is 5.32 Å². The van der Waals surface area contributed by atoms with Gasteiger partial charge in [0, 0.05) is 28.2 Å². The summed E-state index contributed by atoms with van der Waals surface area (Å²) >= 11 is 1.72. The summed E-state index contributed by atoms with van der Waals surface area (Å²) in [6, 6.07) is 8.68. The lowest BCUT2D eigenvalue weighted by atomic mass is 10.1. The lowest BCUT2D eigenvalue weighted by Crippen LogP contribution is -2.17. The van der Waals surface area contributed by atoms with Gasteiger partial charge in [-0.15, -0.1) is 11.3 Å². The molecule has 2 heterocycles. The van der Waals surface area contributed by atoms with Crippen LogP contribution in [0.15, 0.2) is 42.2 Å². The number of hydrogen-bond donors (Lipinski definition) is 1. The highest BCUT2D eigenvalue weighted by Crippen LogP contribution is 2.23. The fraction of sp³-hybridized carbons (Fsp3) is 0.353. The molecule has 3 nitrogen and oxygen atoms in total. The quantitative estimate of drug-likeness (QED) is 0.674. The van der Waals surface area contributed by atoms with Gasteiger partial charge < -0.3 is 9.88 Å². The standard InChI is InChI=1S/C17H21N3S/c1-2-8-18-9-7-14-11-20(12-15-10-19-13-21-15)17-6-4-3-5-16(14)17/h3-6,10-11,13,18H,2,7-9,12H2,1H3. The van der Waals surface area contributed by atoms with Crippen LogP contribution in [-0.4, -0.2) is 22.6 Å². The van der Waals surface area contributed by atoms with E-state index >= 15 is 0 Å². The van der Waals surface area contributed by atoms with Crippen LogP contribution in [0.3, 0.4) is 0 Å². The van der Waals surface area contributed by atoms with E-state index in [1.54, 1.807) is 11.3 Å². The van der Waals surface area contributed by atoms with Crippen LogP contribution in [-0.2, 0) is 13.0 Å². The van der Waals surface area contributed by atoms with Crippen LogP contribution in [0.2, 0.25) is 0 Å². The molecule has 0 bridgehead atoms. The second kappa shape index (κ2) is 6.87. The number of nitrogens with zero attached hydrogens (tertiary/aromatic N) is 2. The van der Waals surface area contributed by atoms with Gasteiger partial charge >= 0.3 is 0 Å². The number of benzene rings is 1. The summed E-state index contributed by atoms with van der Waals surface area (Å²) in [5, 5.41) is 4.86. The fourth-order valence-corrected chi connectivity index (χ4v) is 3.26. The van der Waals surface area contributed by atoms with Crippen molar-refractivity contribution in [1.29, 1.82) is 0 Å². The zero-order valence-electron chi connectivity index (χ0n) is 12.4. The molecule has 110 valence electrons. The highest BCUT2D eigenvalue weighted by molar-refractivity contribution is 7.09. The van der Waals surface area contributed by atoms with Gasteiger partial charge in [0.2, 0.25) is 0 Å². The highest BCUT2D eigenvalue weighted by Gasteiger charge is 2.08. The molecule has 1 N–H and O–H groups in total. The van der Waals surface area contributed by atoms with E-state index in [0.717, 1.165) is 26.1 Å². The van der Waals surface area contributed by atoms with Crippen LogP contribution in [0.25, 0.3) is 10.9 Å². The molecule has 0 aliphatic rings. The molecule has 1 aromatic carbocycles. The third-order valence-electron chi connectivity index (χ3n) is 3.68. The summed E-state index contributed by atoms with van der Waals surface area (Å²) in [4.78, 5) is 5.47. The number of aromatic nitrogens is 2. The van der Waals surface area contributed by atoms with Crippen molar-refractivity contribution in [2.24, 2.45) is 0 Å². The number of rotatable bonds is 7. The number of fused-ring (bicyclic) bond motifs is 1. The van der Waals surface area contributed by atoms with Crippen molar-refractivity contribution in [3.63, 3.8) is 0 Å². The first-order valence-corrected chi connectivity index (χ1v) is 8.41. The molecule has 0 aliphatic carbocycles. The van der Waals surface area contributed by atoms with Crippen molar-refractivity contribution >= 4 is 22.2 Å². The molecule has 0 amide bonds. The molecule has 4 heteroatoms. The minimum absolute atomic E-state index is 0.910. The van der Waals surface area contributed by atoms with Crippen LogP contribution >= 0.6 is 11.3 Å². The first-order chi connectivity index (χ1) is 10.4. The summed E-state index contributed by atoms with van der Waals surface area (Å²) in [5.41, 5.74) is 4.64. The molecule has 0 aliphatic heterocycles. The topological polar surface area (TPSA) is 29.9 Å². The molecule has 3 rings (SSSR count). The predicted octanol–water partition coefficient (Wildman–Crippen LogP) is 3.69. The highest BCUT2D eigenvalue weighted by atomic mass is 32.1. The molecule has 0 fully saturated rings. The zero-order valence-corrected chi connectivity index (χ0v) is 13.2. The molecular formula is C17H21N3S. The average molecular weight is 299 g/mol. The Morgan fingerprint density at radius 2 is 2.14 bits per heavy atom. The van der Waals surface area contributed by atoms with Gasteiger partial charge in [0.15, 0.2) is 0 Å². The second-order valence-electron chi connectivity index (χ2n) is 5.27.